The van der Waals surface area contributed by atoms with E-state index >= 15 is 0 Å². The van der Waals surface area contributed by atoms with E-state index in [0.717, 1.165) is 25.9 Å². The normalized spacial score (nSPS) is 15.6. The maximum atomic E-state index is 11.7. The highest BCUT2D eigenvalue weighted by Gasteiger charge is 2.17. The fourth-order valence-corrected chi connectivity index (χ4v) is 1.70. The van der Waals surface area contributed by atoms with Crippen LogP contribution in [0, 0.1) is 4.91 Å². The van der Waals surface area contributed by atoms with Gasteiger partial charge in [0.1, 0.15) is 6.54 Å². The minimum atomic E-state index is 0.0716. The lowest BCUT2D eigenvalue weighted by molar-refractivity contribution is -0.130. The first-order valence-corrected chi connectivity index (χ1v) is 4.92. The Morgan fingerprint density at radius 3 is 2.80 bits per heavy atom. The zero-order valence-electron chi connectivity index (χ0n) is 8.30. The molecule has 0 saturated carbocycles. The van der Waals surface area contributed by atoms with Crippen LogP contribution in [0.15, 0.2) is 17.7 Å². The second-order valence-electron chi connectivity index (χ2n) is 3.58. The van der Waals surface area contributed by atoms with Crippen LogP contribution in [0.25, 0.3) is 0 Å². The Balaban J connectivity index is 1.95. The summed E-state index contributed by atoms with van der Waals surface area (Å²) >= 11 is 0. The van der Waals surface area contributed by atoms with Gasteiger partial charge in [0, 0.05) is 13.1 Å². The first-order chi connectivity index (χ1) is 7.29. The molecule has 1 aromatic rings. The summed E-state index contributed by atoms with van der Waals surface area (Å²) in [6.07, 6.45) is 5.08. The molecule has 15 heavy (non-hydrogen) atoms. The van der Waals surface area contributed by atoms with E-state index in [9.17, 15) is 9.70 Å². The number of hydrogen-bond donors (Lipinski definition) is 0. The molecule has 1 amide bonds. The molecular formula is C9H12N4O2. The summed E-state index contributed by atoms with van der Waals surface area (Å²) < 4.78 is 1.58. The van der Waals surface area contributed by atoms with Crippen LogP contribution in [-0.4, -0.2) is 33.4 Å². The van der Waals surface area contributed by atoms with E-state index in [1.165, 1.54) is 12.5 Å². The topological polar surface area (TPSA) is 67.6 Å². The molecule has 1 saturated heterocycles. The molecule has 0 atom stereocenters. The van der Waals surface area contributed by atoms with Crippen LogP contribution in [-0.2, 0) is 11.3 Å². The Labute approximate surface area is 86.9 Å². The van der Waals surface area contributed by atoms with Crippen molar-refractivity contribution in [3.05, 3.63) is 17.4 Å². The van der Waals surface area contributed by atoms with Gasteiger partial charge < -0.3 is 9.47 Å². The molecule has 0 N–H and O–H groups in total. The van der Waals surface area contributed by atoms with Gasteiger partial charge in [-0.25, -0.2) is 4.98 Å². The number of carbonyl (C=O) groups excluding carboxylic acids is 1. The van der Waals surface area contributed by atoms with Crippen molar-refractivity contribution >= 4 is 11.7 Å². The quantitative estimate of drug-likeness (QED) is 0.693. The maximum absolute atomic E-state index is 11.7. The summed E-state index contributed by atoms with van der Waals surface area (Å²) in [6.45, 7) is 1.92. The summed E-state index contributed by atoms with van der Waals surface area (Å²) in [6, 6.07) is 0. The molecular weight excluding hydrogens is 196 g/mol. The number of amides is 1. The van der Waals surface area contributed by atoms with Gasteiger partial charge in [0.05, 0.1) is 12.5 Å². The van der Waals surface area contributed by atoms with Gasteiger partial charge in [-0.1, -0.05) is 0 Å². The van der Waals surface area contributed by atoms with Crippen LogP contribution in [0.2, 0.25) is 0 Å². The highest BCUT2D eigenvalue weighted by atomic mass is 16.3. The standard InChI is InChI=1S/C9H12N4O2/c14-9(13-3-1-2-4-13)6-12-5-8(11-15)10-7-12/h5,7H,1-4,6H2. The monoisotopic (exact) mass is 208 g/mol. The van der Waals surface area contributed by atoms with Gasteiger partial charge in [-0.3, -0.25) is 4.79 Å². The van der Waals surface area contributed by atoms with Crippen molar-refractivity contribution in [2.75, 3.05) is 13.1 Å². The van der Waals surface area contributed by atoms with Crippen LogP contribution in [0.5, 0.6) is 0 Å². The van der Waals surface area contributed by atoms with Gasteiger partial charge in [0.2, 0.25) is 11.7 Å². The van der Waals surface area contributed by atoms with E-state index in [1.54, 1.807) is 4.57 Å². The average molecular weight is 208 g/mol. The van der Waals surface area contributed by atoms with Crippen molar-refractivity contribution in [1.82, 2.24) is 14.5 Å². The first kappa shape index (κ1) is 9.82. The Kier molecular flexibility index (Phi) is 2.75. The summed E-state index contributed by atoms with van der Waals surface area (Å²) in [7, 11) is 0. The molecule has 6 nitrogen and oxygen atoms in total. The lowest BCUT2D eigenvalue weighted by atomic mass is 10.4. The predicted octanol–water partition coefficient (Wildman–Crippen LogP) is 0.903. The zero-order valence-corrected chi connectivity index (χ0v) is 8.30. The maximum Gasteiger partial charge on any atom is 0.242 e. The van der Waals surface area contributed by atoms with Crippen molar-refractivity contribution in [1.29, 1.82) is 0 Å². The van der Waals surface area contributed by atoms with E-state index in [0.29, 0.717) is 0 Å². The number of likely N-dealkylation sites (tertiary alicyclic amines) is 1. The molecule has 1 aliphatic rings. The number of imidazole rings is 1. The number of rotatable bonds is 3. The molecule has 0 radical (unpaired) electrons. The number of nitrogens with zero attached hydrogens (tertiary/aromatic N) is 4. The Hall–Kier alpha value is -1.72. The fraction of sp³-hybridized carbons (Fsp3) is 0.556. The average Bonchev–Trinajstić information content (AvgIpc) is 2.87. The molecule has 6 heteroatoms. The minimum Gasteiger partial charge on any atom is -0.341 e. The Morgan fingerprint density at radius 2 is 2.20 bits per heavy atom. The highest BCUT2D eigenvalue weighted by molar-refractivity contribution is 5.76. The SMILES string of the molecule is O=Nc1cn(CC(=O)N2CCCC2)cn1. The second kappa shape index (κ2) is 4.20. The third kappa shape index (κ3) is 2.20. The smallest absolute Gasteiger partial charge is 0.242 e. The van der Waals surface area contributed by atoms with Crippen LogP contribution in [0.3, 0.4) is 0 Å². The largest absolute Gasteiger partial charge is 0.341 e. The van der Waals surface area contributed by atoms with Crippen LogP contribution in [0.1, 0.15) is 12.8 Å². The van der Waals surface area contributed by atoms with Crippen molar-refractivity contribution in [2.45, 2.75) is 19.4 Å². The predicted molar refractivity (Wildman–Crippen MR) is 53.5 cm³/mol. The Morgan fingerprint density at radius 1 is 1.47 bits per heavy atom. The third-order valence-electron chi connectivity index (χ3n) is 2.49. The van der Waals surface area contributed by atoms with Gasteiger partial charge in [-0.05, 0) is 18.0 Å². The molecule has 0 aromatic carbocycles. The molecule has 0 bridgehead atoms. The second-order valence-corrected chi connectivity index (χ2v) is 3.58. The Bertz CT molecular complexity index is 368. The third-order valence-corrected chi connectivity index (χ3v) is 2.49. The summed E-state index contributed by atoms with van der Waals surface area (Å²) in [5.74, 6) is 0.187. The first-order valence-electron chi connectivity index (χ1n) is 4.92. The van der Waals surface area contributed by atoms with Gasteiger partial charge in [-0.2, -0.15) is 0 Å². The number of carbonyl (C=O) groups is 1. The number of hydrogen-bond acceptors (Lipinski definition) is 4. The van der Waals surface area contributed by atoms with Crippen LogP contribution in [0.4, 0.5) is 5.82 Å². The number of aromatic nitrogens is 2. The molecule has 1 fully saturated rings. The molecule has 0 aliphatic carbocycles. The molecule has 1 aromatic heterocycles. The lowest BCUT2D eigenvalue weighted by Gasteiger charge is -2.14. The molecule has 0 unspecified atom stereocenters. The molecule has 80 valence electrons. The van der Waals surface area contributed by atoms with Gasteiger partial charge in [0.25, 0.3) is 0 Å². The van der Waals surface area contributed by atoms with Crippen molar-refractivity contribution < 1.29 is 4.79 Å². The van der Waals surface area contributed by atoms with Gasteiger partial charge in [-0.15, -0.1) is 4.91 Å². The van der Waals surface area contributed by atoms with Crippen molar-refractivity contribution in [2.24, 2.45) is 5.18 Å². The van der Waals surface area contributed by atoms with E-state index in [4.69, 9.17) is 0 Å². The summed E-state index contributed by atoms with van der Waals surface area (Å²) in [4.78, 5) is 27.4. The van der Waals surface area contributed by atoms with Crippen LogP contribution >= 0.6 is 0 Å². The van der Waals surface area contributed by atoms with Crippen molar-refractivity contribution in [3.8, 4) is 0 Å². The van der Waals surface area contributed by atoms with E-state index < -0.39 is 0 Å². The minimum absolute atomic E-state index is 0.0716. The van der Waals surface area contributed by atoms with E-state index in [1.807, 2.05) is 4.90 Å². The van der Waals surface area contributed by atoms with E-state index in [2.05, 4.69) is 10.2 Å². The van der Waals surface area contributed by atoms with E-state index in [-0.39, 0.29) is 18.3 Å². The lowest BCUT2D eigenvalue weighted by Crippen LogP contribution is -2.30. The number of nitroso groups, excluding NO2 is 1. The molecule has 1 aliphatic heterocycles. The molecule has 2 rings (SSSR count). The van der Waals surface area contributed by atoms with Crippen LogP contribution < -0.4 is 0 Å². The fourth-order valence-electron chi connectivity index (χ4n) is 1.70. The molecule has 0 spiro atoms. The zero-order chi connectivity index (χ0) is 10.7. The van der Waals surface area contributed by atoms with Gasteiger partial charge in [0.15, 0.2) is 0 Å². The molecule has 2 heterocycles. The summed E-state index contributed by atoms with van der Waals surface area (Å²) in [5.41, 5.74) is 0. The summed E-state index contributed by atoms with van der Waals surface area (Å²) in [5, 5.41) is 2.69. The van der Waals surface area contributed by atoms with Crippen molar-refractivity contribution in [3.63, 3.8) is 0 Å². The van der Waals surface area contributed by atoms with Gasteiger partial charge >= 0.3 is 0 Å². The highest BCUT2D eigenvalue weighted by Crippen LogP contribution is 2.10.